The van der Waals surface area contributed by atoms with Crippen LogP contribution in [0.4, 0.5) is 0 Å². The highest BCUT2D eigenvalue weighted by atomic mass is 16.5. The Balaban J connectivity index is 2.44. The molecule has 116 valence electrons. The number of carbonyl (C=O) groups excluding carboxylic acids is 1. The van der Waals surface area contributed by atoms with E-state index in [1.165, 1.54) is 0 Å². The molecule has 0 spiro atoms. The van der Waals surface area contributed by atoms with Crippen LogP contribution in [0.25, 0.3) is 11.1 Å². The number of hydrogen-bond donors (Lipinski definition) is 1. The zero-order chi connectivity index (χ0) is 16.1. The van der Waals surface area contributed by atoms with Crippen LogP contribution >= 0.6 is 0 Å². The minimum Gasteiger partial charge on any atom is -0.462 e. The van der Waals surface area contributed by atoms with Gasteiger partial charge in [-0.15, -0.1) is 0 Å². The number of rotatable bonds is 5. The Kier molecular flexibility index (Phi) is 5.15. The predicted molar refractivity (Wildman–Crippen MR) is 87.2 cm³/mol. The van der Waals surface area contributed by atoms with Crippen LogP contribution in [0.3, 0.4) is 0 Å². The van der Waals surface area contributed by atoms with Crippen LogP contribution in [0.2, 0.25) is 0 Å². The van der Waals surface area contributed by atoms with Crippen molar-refractivity contribution in [2.45, 2.75) is 33.6 Å². The molecule has 2 aromatic rings. The van der Waals surface area contributed by atoms with Gasteiger partial charge < -0.3 is 9.72 Å². The van der Waals surface area contributed by atoms with Gasteiger partial charge in [0, 0.05) is 23.0 Å². The van der Waals surface area contributed by atoms with Crippen molar-refractivity contribution >= 4 is 5.97 Å². The summed E-state index contributed by atoms with van der Waals surface area (Å²) in [4.78, 5) is 27.4. The summed E-state index contributed by atoms with van der Waals surface area (Å²) in [5.41, 5.74) is 3.85. The second-order valence-electron chi connectivity index (χ2n) is 5.02. The standard InChI is InChI=1S/C18H21NO3/c1-4-14-11-16(20)17(15(5-2)19-14)12-7-9-13(10-8-12)18(21)22-6-3/h7-11H,4-6H2,1-3H3,(H,19,20). The van der Waals surface area contributed by atoms with Crippen LogP contribution in [0.1, 0.15) is 42.5 Å². The first-order chi connectivity index (χ1) is 10.6. The SMILES string of the molecule is CCOC(=O)c1ccc(-c2c(CC)[nH]c(CC)cc2=O)cc1. The molecule has 22 heavy (non-hydrogen) atoms. The molecule has 0 aliphatic carbocycles. The largest absolute Gasteiger partial charge is 0.462 e. The zero-order valence-electron chi connectivity index (χ0n) is 13.2. The molecule has 0 unspecified atom stereocenters. The highest BCUT2D eigenvalue weighted by molar-refractivity contribution is 5.90. The molecule has 2 rings (SSSR count). The van der Waals surface area contributed by atoms with Crippen molar-refractivity contribution in [2.24, 2.45) is 0 Å². The Hall–Kier alpha value is -2.36. The first-order valence-corrected chi connectivity index (χ1v) is 7.63. The number of aromatic amines is 1. The van der Waals surface area contributed by atoms with E-state index in [0.29, 0.717) is 17.7 Å². The van der Waals surface area contributed by atoms with Crippen molar-refractivity contribution in [3.63, 3.8) is 0 Å². The molecule has 1 N–H and O–H groups in total. The van der Waals surface area contributed by atoms with Gasteiger partial charge in [-0.1, -0.05) is 26.0 Å². The maximum absolute atomic E-state index is 12.4. The van der Waals surface area contributed by atoms with Gasteiger partial charge in [-0.3, -0.25) is 4.79 Å². The quantitative estimate of drug-likeness (QED) is 0.861. The maximum Gasteiger partial charge on any atom is 0.338 e. The van der Waals surface area contributed by atoms with Crippen molar-refractivity contribution in [3.05, 3.63) is 57.5 Å². The third kappa shape index (κ3) is 3.27. The predicted octanol–water partition coefficient (Wildman–Crippen LogP) is 3.34. The highest BCUT2D eigenvalue weighted by Gasteiger charge is 2.12. The lowest BCUT2D eigenvalue weighted by Crippen LogP contribution is -2.12. The molecule has 0 radical (unpaired) electrons. The summed E-state index contributed by atoms with van der Waals surface area (Å²) < 4.78 is 4.97. The molecule has 0 bridgehead atoms. The fraction of sp³-hybridized carbons (Fsp3) is 0.333. The zero-order valence-corrected chi connectivity index (χ0v) is 13.2. The maximum atomic E-state index is 12.4. The molecular formula is C18H21NO3. The Bertz CT molecular complexity index is 714. The number of pyridine rings is 1. The molecule has 1 heterocycles. The van der Waals surface area contributed by atoms with Gasteiger partial charge in [-0.2, -0.15) is 0 Å². The van der Waals surface area contributed by atoms with Crippen LogP contribution < -0.4 is 5.43 Å². The van der Waals surface area contributed by atoms with Gasteiger partial charge in [0.25, 0.3) is 0 Å². The van der Waals surface area contributed by atoms with E-state index in [9.17, 15) is 9.59 Å². The van der Waals surface area contributed by atoms with Crippen molar-refractivity contribution in [2.75, 3.05) is 6.61 Å². The first-order valence-electron chi connectivity index (χ1n) is 7.63. The number of aromatic nitrogens is 1. The number of H-pyrrole nitrogens is 1. The Morgan fingerprint density at radius 2 is 1.77 bits per heavy atom. The molecule has 4 heteroatoms. The number of ether oxygens (including phenoxy) is 1. The summed E-state index contributed by atoms with van der Waals surface area (Å²) in [6, 6.07) is 8.62. The molecule has 0 amide bonds. The smallest absolute Gasteiger partial charge is 0.338 e. The molecular weight excluding hydrogens is 278 g/mol. The lowest BCUT2D eigenvalue weighted by molar-refractivity contribution is 0.0526. The summed E-state index contributed by atoms with van der Waals surface area (Å²) in [5, 5.41) is 0. The van der Waals surface area contributed by atoms with Crippen LogP contribution in [0.5, 0.6) is 0 Å². The van der Waals surface area contributed by atoms with Gasteiger partial charge >= 0.3 is 5.97 Å². The fourth-order valence-electron chi connectivity index (χ4n) is 2.43. The molecule has 0 saturated carbocycles. The third-order valence-electron chi connectivity index (χ3n) is 3.58. The third-order valence-corrected chi connectivity index (χ3v) is 3.58. The van der Waals surface area contributed by atoms with E-state index in [4.69, 9.17) is 4.74 Å². The number of esters is 1. The summed E-state index contributed by atoms with van der Waals surface area (Å²) in [7, 11) is 0. The molecule has 0 saturated heterocycles. The van der Waals surface area contributed by atoms with E-state index in [1.807, 2.05) is 13.8 Å². The summed E-state index contributed by atoms with van der Waals surface area (Å²) in [6.07, 6.45) is 1.54. The molecule has 1 aromatic heterocycles. The van der Waals surface area contributed by atoms with E-state index < -0.39 is 0 Å². The molecule has 4 nitrogen and oxygen atoms in total. The normalized spacial score (nSPS) is 10.5. The molecule has 0 aliphatic heterocycles. The van der Waals surface area contributed by atoms with Gasteiger partial charge in [-0.25, -0.2) is 4.79 Å². The monoisotopic (exact) mass is 299 g/mol. The number of benzene rings is 1. The molecule has 0 atom stereocenters. The van der Waals surface area contributed by atoms with E-state index in [2.05, 4.69) is 4.98 Å². The molecule has 0 fully saturated rings. The van der Waals surface area contributed by atoms with Gasteiger partial charge in [-0.05, 0) is 37.5 Å². The molecule has 0 aliphatic rings. The highest BCUT2D eigenvalue weighted by Crippen LogP contribution is 2.21. The van der Waals surface area contributed by atoms with Gasteiger partial charge in [0.15, 0.2) is 5.43 Å². The van der Waals surface area contributed by atoms with Crippen molar-refractivity contribution in [1.82, 2.24) is 4.98 Å². The summed E-state index contributed by atoms with van der Waals surface area (Å²) in [5.74, 6) is -0.347. The van der Waals surface area contributed by atoms with Gasteiger partial charge in [0.1, 0.15) is 0 Å². The van der Waals surface area contributed by atoms with E-state index in [-0.39, 0.29) is 11.4 Å². The summed E-state index contributed by atoms with van der Waals surface area (Å²) >= 11 is 0. The number of aryl methyl sites for hydroxylation is 2. The van der Waals surface area contributed by atoms with Crippen LogP contribution in [-0.2, 0) is 17.6 Å². The Labute approximate surface area is 130 Å². The molecule has 1 aromatic carbocycles. The van der Waals surface area contributed by atoms with Gasteiger partial charge in [0.05, 0.1) is 12.2 Å². The Morgan fingerprint density at radius 3 is 2.32 bits per heavy atom. The lowest BCUT2D eigenvalue weighted by atomic mass is 10.00. The van der Waals surface area contributed by atoms with Crippen LogP contribution in [0, 0.1) is 0 Å². The second-order valence-corrected chi connectivity index (χ2v) is 5.02. The van der Waals surface area contributed by atoms with E-state index in [0.717, 1.165) is 29.8 Å². The number of hydrogen-bond acceptors (Lipinski definition) is 3. The van der Waals surface area contributed by atoms with E-state index in [1.54, 1.807) is 37.3 Å². The van der Waals surface area contributed by atoms with Crippen molar-refractivity contribution in [3.8, 4) is 11.1 Å². The number of nitrogens with one attached hydrogen (secondary N) is 1. The lowest BCUT2D eigenvalue weighted by Gasteiger charge is -2.10. The topological polar surface area (TPSA) is 59.2 Å². The minimum absolute atomic E-state index is 0.0105. The van der Waals surface area contributed by atoms with E-state index >= 15 is 0 Å². The van der Waals surface area contributed by atoms with Crippen molar-refractivity contribution < 1.29 is 9.53 Å². The average Bonchev–Trinajstić information content (AvgIpc) is 2.54. The minimum atomic E-state index is -0.347. The average molecular weight is 299 g/mol. The van der Waals surface area contributed by atoms with Crippen LogP contribution in [-0.4, -0.2) is 17.6 Å². The Morgan fingerprint density at radius 1 is 1.09 bits per heavy atom. The number of carbonyl (C=O) groups is 1. The van der Waals surface area contributed by atoms with Crippen molar-refractivity contribution in [1.29, 1.82) is 0 Å². The first kappa shape index (κ1) is 16.0. The summed E-state index contributed by atoms with van der Waals surface area (Å²) in [6.45, 7) is 6.15. The fourth-order valence-corrected chi connectivity index (χ4v) is 2.43. The van der Waals surface area contributed by atoms with Gasteiger partial charge in [0.2, 0.25) is 0 Å². The second kappa shape index (κ2) is 7.07. The van der Waals surface area contributed by atoms with Crippen LogP contribution in [0.15, 0.2) is 35.1 Å².